The van der Waals surface area contributed by atoms with E-state index in [0.29, 0.717) is 13.0 Å². The molecule has 2 rings (SSSR count). The average Bonchev–Trinajstić information content (AvgIpc) is 2.71. The maximum absolute atomic E-state index is 11.8. The third-order valence-electron chi connectivity index (χ3n) is 2.76. The molecule has 0 aromatic carbocycles. The molecule has 5 heteroatoms. The van der Waals surface area contributed by atoms with Crippen LogP contribution < -0.4 is 4.90 Å². The van der Waals surface area contributed by atoms with Crippen LogP contribution in [-0.4, -0.2) is 27.6 Å². The number of nitrogens with zero attached hydrogens (tertiary/aromatic N) is 3. The fourth-order valence-corrected chi connectivity index (χ4v) is 2.34. The Morgan fingerprint density at radius 3 is 2.94 bits per heavy atom. The molecule has 1 aromatic heterocycles. The molecule has 1 atom stereocenters. The van der Waals surface area contributed by atoms with Gasteiger partial charge in [-0.25, -0.2) is 4.68 Å². The van der Waals surface area contributed by atoms with Gasteiger partial charge in [-0.15, -0.1) is 11.6 Å². The van der Waals surface area contributed by atoms with Crippen LogP contribution in [0.15, 0.2) is 6.20 Å². The smallest absolute Gasteiger partial charge is 0.229 e. The van der Waals surface area contributed by atoms with E-state index in [1.807, 2.05) is 11.6 Å². The number of halogens is 1. The van der Waals surface area contributed by atoms with Gasteiger partial charge in [0.25, 0.3) is 0 Å². The number of aromatic nitrogens is 2. The third kappa shape index (κ3) is 1.94. The first-order valence-corrected chi connectivity index (χ1v) is 6.04. The number of carbonyl (C=O) groups excluding carboxylic acids is 1. The fraction of sp³-hybridized carbons (Fsp3) is 0.636. The quantitative estimate of drug-likeness (QED) is 0.759. The summed E-state index contributed by atoms with van der Waals surface area (Å²) < 4.78 is 1.89. The molecule has 2 heterocycles. The van der Waals surface area contributed by atoms with E-state index < -0.39 is 0 Å². The minimum Gasteiger partial charge on any atom is -0.295 e. The van der Waals surface area contributed by atoms with Crippen molar-refractivity contribution in [3.8, 4) is 0 Å². The Hall–Kier alpha value is -1.03. The van der Waals surface area contributed by atoms with Crippen LogP contribution in [0.25, 0.3) is 0 Å². The van der Waals surface area contributed by atoms with Gasteiger partial charge >= 0.3 is 0 Å². The van der Waals surface area contributed by atoms with E-state index in [9.17, 15) is 4.79 Å². The SMILES string of the molecule is CCCn1ncc(C)c1N1CC(Cl)CC1=O. The number of carbonyl (C=O) groups is 1. The van der Waals surface area contributed by atoms with Gasteiger partial charge in [0.2, 0.25) is 5.91 Å². The van der Waals surface area contributed by atoms with Crippen molar-refractivity contribution in [2.24, 2.45) is 0 Å². The van der Waals surface area contributed by atoms with Crippen LogP contribution in [0.2, 0.25) is 0 Å². The molecule has 1 saturated heterocycles. The molecule has 0 spiro atoms. The monoisotopic (exact) mass is 241 g/mol. The van der Waals surface area contributed by atoms with Crippen LogP contribution >= 0.6 is 11.6 Å². The highest BCUT2D eigenvalue weighted by Crippen LogP contribution is 2.27. The van der Waals surface area contributed by atoms with Crippen molar-refractivity contribution in [2.45, 2.75) is 38.6 Å². The summed E-state index contributed by atoms with van der Waals surface area (Å²) in [5.74, 6) is 1.01. The Balaban J connectivity index is 2.31. The summed E-state index contributed by atoms with van der Waals surface area (Å²) in [6.07, 6.45) is 3.23. The van der Waals surface area contributed by atoms with E-state index >= 15 is 0 Å². The topological polar surface area (TPSA) is 38.1 Å². The third-order valence-corrected chi connectivity index (χ3v) is 3.05. The Kier molecular flexibility index (Phi) is 3.19. The fourth-order valence-electron chi connectivity index (χ4n) is 2.07. The second-order valence-electron chi connectivity index (χ2n) is 4.18. The number of alkyl halides is 1. The van der Waals surface area contributed by atoms with Gasteiger partial charge in [-0.05, 0) is 13.3 Å². The lowest BCUT2D eigenvalue weighted by molar-refractivity contribution is -0.117. The first kappa shape index (κ1) is 11.5. The highest BCUT2D eigenvalue weighted by atomic mass is 35.5. The van der Waals surface area contributed by atoms with Crippen LogP contribution in [-0.2, 0) is 11.3 Å². The molecule has 4 nitrogen and oxygen atoms in total. The van der Waals surface area contributed by atoms with E-state index in [0.717, 1.165) is 24.3 Å². The van der Waals surface area contributed by atoms with Crippen LogP contribution in [0, 0.1) is 6.92 Å². The molecular weight excluding hydrogens is 226 g/mol. The summed E-state index contributed by atoms with van der Waals surface area (Å²) in [5.41, 5.74) is 1.03. The number of anilines is 1. The lowest BCUT2D eigenvalue weighted by Gasteiger charge is -2.18. The molecule has 1 aliphatic heterocycles. The summed E-state index contributed by atoms with van der Waals surface area (Å²) in [6.45, 7) is 5.50. The zero-order chi connectivity index (χ0) is 11.7. The molecule has 1 aliphatic rings. The second-order valence-corrected chi connectivity index (χ2v) is 4.80. The first-order valence-electron chi connectivity index (χ1n) is 5.60. The maximum Gasteiger partial charge on any atom is 0.229 e. The predicted molar refractivity (Wildman–Crippen MR) is 63.9 cm³/mol. The van der Waals surface area contributed by atoms with Crippen LogP contribution in [0.3, 0.4) is 0 Å². The van der Waals surface area contributed by atoms with Gasteiger partial charge < -0.3 is 0 Å². The van der Waals surface area contributed by atoms with Crippen LogP contribution in [0.1, 0.15) is 25.3 Å². The van der Waals surface area contributed by atoms with E-state index in [1.54, 1.807) is 11.1 Å². The van der Waals surface area contributed by atoms with Crippen molar-refractivity contribution < 1.29 is 4.79 Å². The Bertz CT molecular complexity index is 402. The molecule has 1 fully saturated rings. The zero-order valence-electron chi connectivity index (χ0n) is 9.61. The lowest BCUT2D eigenvalue weighted by atomic mass is 10.3. The number of rotatable bonds is 3. The van der Waals surface area contributed by atoms with E-state index in [4.69, 9.17) is 11.6 Å². The Morgan fingerprint density at radius 2 is 2.38 bits per heavy atom. The van der Waals surface area contributed by atoms with Crippen molar-refractivity contribution in [2.75, 3.05) is 11.4 Å². The summed E-state index contributed by atoms with van der Waals surface area (Å²) in [7, 11) is 0. The van der Waals surface area contributed by atoms with Gasteiger partial charge in [0, 0.05) is 25.1 Å². The van der Waals surface area contributed by atoms with Crippen molar-refractivity contribution >= 4 is 23.3 Å². The predicted octanol–water partition coefficient (Wildman–Crippen LogP) is 1.95. The maximum atomic E-state index is 11.8. The summed E-state index contributed by atoms with van der Waals surface area (Å²) in [4.78, 5) is 13.6. The minimum absolute atomic E-state index is 0.0723. The van der Waals surface area contributed by atoms with E-state index in [1.165, 1.54) is 0 Å². The van der Waals surface area contributed by atoms with Gasteiger partial charge in [0.15, 0.2) is 0 Å². The van der Waals surface area contributed by atoms with Crippen LogP contribution in [0.4, 0.5) is 5.82 Å². The summed E-state index contributed by atoms with van der Waals surface area (Å²) in [6, 6.07) is 0. The van der Waals surface area contributed by atoms with Crippen molar-refractivity contribution in [1.29, 1.82) is 0 Å². The first-order chi connectivity index (χ1) is 7.63. The molecule has 0 saturated carbocycles. The molecule has 88 valence electrons. The van der Waals surface area contributed by atoms with Gasteiger partial charge in [0.1, 0.15) is 5.82 Å². The van der Waals surface area contributed by atoms with Crippen molar-refractivity contribution in [3.05, 3.63) is 11.8 Å². The number of hydrogen-bond donors (Lipinski definition) is 0. The van der Waals surface area contributed by atoms with Crippen molar-refractivity contribution in [1.82, 2.24) is 9.78 Å². The highest BCUT2D eigenvalue weighted by molar-refractivity contribution is 6.24. The Morgan fingerprint density at radius 1 is 1.62 bits per heavy atom. The van der Waals surface area contributed by atoms with Gasteiger partial charge in [-0.1, -0.05) is 6.92 Å². The van der Waals surface area contributed by atoms with E-state index in [2.05, 4.69) is 12.0 Å². The normalized spacial score (nSPS) is 20.8. The van der Waals surface area contributed by atoms with Crippen molar-refractivity contribution in [3.63, 3.8) is 0 Å². The Labute approximate surface area is 100 Å². The molecule has 0 radical (unpaired) electrons. The van der Waals surface area contributed by atoms with Crippen LogP contribution in [0.5, 0.6) is 0 Å². The second kappa shape index (κ2) is 4.45. The van der Waals surface area contributed by atoms with Gasteiger partial charge in [-0.3, -0.25) is 9.69 Å². The van der Waals surface area contributed by atoms with Gasteiger partial charge in [-0.2, -0.15) is 5.10 Å². The molecule has 16 heavy (non-hydrogen) atoms. The standard InChI is InChI=1S/C11H16ClN3O/c1-3-4-15-11(8(2)6-13-15)14-7-9(12)5-10(14)16/h6,9H,3-5,7H2,1-2H3. The largest absolute Gasteiger partial charge is 0.295 e. The minimum atomic E-state index is -0.0723. The summed E-state index contributed by atoms with van der Waals surface area (Å²) >= 11 is 6.01. The summed E-state index contributed by atoms with van der Waals surface area (Å²) in [5, 5.41) is 4.22. The van der Waals surface area contributed by atoms with E-state index in [-0.39, 0.29) is 11.3 Å². The molecule has 1 amide bonds. The molecule has 1 aromatic rings. The lowest BCUT2D eigenvalue weighted by Crippen LogP contribution is -2.28. The zero-order valence-corrected chi connectivity index (χ0v) is 10.4. The number of hydrogen-bond acceptors (Lipinski definition) is 2. The number of aryl methyl sites for hydroxylation is 2. The molecule has 1 unspecified atom stereocenters. The molecule has 0 aliphatic carbocycles. The average molecular weight is 242 g/mol. The molecule has 0 bridgehead atoms. The number of amides is 1. The molecule has 0 N–H and O–H groups in total. The highest BCUT2D eigenvalue weighted by Gasteiger charge is 2.32. The molecular formula is C11H16ClN3O. The van der Waals surface area contributed by atoms with Gasteiger partial charge in [0.05, 0.1) is 11.6 Å².